The molecule has 1 aromatic carbocycles. The Kier molecular flexibility index (Phi) is 6.60. The average molecular weight is 304 g/mol. The lowest BCUT2D eigenvalue weighted by atomic mass is 10.3. The van der Waals surface area contributed by atoms with Crippen molar-refractivity contribution >= 4 is 51.2 Å². The fourth-order valence-electron chi connectivity index (χ4n) is 1.08. The van der Waals surface area contributed by atoms with Crippen molar-refractivity contribution in [1.29, 1.82) is 0 Å². The molecule has 3 nitrogen and oxygen atoms in total. The van der Waals surface area contributed by atoms with Gasteiger partial charge >= 0.3 is 0 Å². The molecule has 0 spiro atoms. The summed E-state index contributed by atoms with van der Waals surface area (Å²) in [5.74, 6) is 0.339. The third-order valence-electron chi connectivity index (χ3n) is 1.81. The van der Waals surface area contributed by atoms with Crippen molar-refractivity contribution in [2.45, 2.75) is 19.1 Å². The zero-order valence-corrected chi connectivity index (χ0v) is 12.5. The third kappa shape index (κ3) is 6.33. The molecule has 1 rings (SSSR count). The molecule has 0 saturated heterocycles. The minimum atomic E-state index is -0.383. The Hall–Kier alpha value is -0.650. The van der Waals surface area contributed by atoms with Crippen LogP contribution in [0.2, 0.25) is 5.02 Å². The van der Waals surface area contributed by atoms with E-state index in [-0.39, 0.29) is 10.4 Å². The Morgan fingerprint density at radius 3 is 2.72 bits per heavy atom. The van der Waals surface area contributed by atoms with Crippen LogP contribution in [-0.2, 0) is 4.79 Å². The van der Waals surface area contributed by atoms with Gasteiger partial charge in [0.25, 0.3) is 5.24 Å². The van der Waals surface area contributed by atoms with Gasteiger partial charge in [-0.25, -0.2) is 0 Å². The van der Waals surface area contributed by atoms with Gasteiger partial charge in [0.05, 0.1) is 5.75 Å². The maximum atomic E-state index is 11.6. The summed E-state index contributed by atoms with van der Waals surface area (Å²) in [5.41, 5.74) is 0.587. The Balaban J connectivity index is 2.40. The predicted octanol–water partition coefficient (Wildman–Crippen LogP) is 4.27. The minimum Gasteiger partial charge on any atom is -0.316 e. The molecule has 0 fully saturated rings. The summed E-state index contributed by atoms with van der Waals surface area (Å²) >= 11 is 8.00. The summed E-state index contributed by atoms with van der Waals surface area (Å²) in [6.45, 7) is 4.02. The van der Waals surface area contributed by atoms with Crippen LogP contribution in [0, 0.1) is 0 Å². The van der Waals surface area contributed by atoms with Crippen molar-refractivity contribution in [3.05, 3.63) is 29.3 Å². The molecule has 0 aliphatic rings. The second kappa shape index (κ2) is 7.71. The summed E-state index contributed by atoms with van der Waals surface area (Å²) in [5, 5.41) is 3.00. The maximum absolute atomic E-state index is 11.6. The molecule has 0 unspecified atom stereocenters. The number of anilines is 1. The number of benzene rings is 1. The molecule has 0 aliphatic heterocycles. The summed E-state index contributed by atoms with van der Waals surface area (Å²) in [6.07, 6.45) is 0. The van der Waals surface area contributed by atoms with E-state index >= 15 is 0 Å². The smallest absolute Gasteiger partial charge is 0.291 e. The molecule has 18 heavy (non-hydrogen) atoms. The van der Waals surface area contributed by atoms with E-state index in [1.54, 1.807) is 24.3 Å². The van der Waals surface area contributed by atoms with E-state index in [0.29, 0.717) is 33.5 Å². The van der Waals surface area contributed by atoms with E-state index < -0.39 is 0 Å². The zero-order valence-electron chi connectivity index (χ0n) is 10.1. The topological polar surface area (TPSA) is 46.2 Å². The lowest BCUT2D eigenvalue weighted by molar-refractivity contribution is -0.108. The molecule has 0 heterocycles. The van der Waals surface area contributed by atoms with Crippen molar-refractivity contribution in [2.24, 2.45) is 0 Å². The van der Waals surface area contributed by atoms with Gasteiger partial charge in [-0.15, -0.1) is 0 Å². The number of amides is 1. The summed E-state index contributed by atoms with van der Waals surface area (Å²) in [4.78, 5) is 23.0. The predicted molar refractivity (Wildman–Crippen MR) is 80.7 cm³/mol. The van der Waals surface area contributed by atoms with Gasteiger partial charge in [0.1, 0.15) is 0 Å². The van der Waals surface area contributed by atoms with Gasteiger partial charge in [-0.1, -0.05) is 31.5 Å². The van der Waals surface area contributed by atoms with Crippen LogP contribution in [0.15, 0.2) is 24.3 Å². The molecular weight excluding hydrogens is 290 g/mol. The lowest BCUT2D eigenvalue weighted by Gasteiger charge is -2.05. The van der Waals surface area contributed by atoms with Gasteiger partial charge in [-0.05, 0) is 23.4 Å². The number of hydrogen-bond donors (Lipinski definition) is 1. The molecule has 0 saturated carbocycles. The number of rotatable bonds is 4. The SMILES string of the molecule is CC(C)SCC(=O)SC(=O)Nc1cccc(Cl)c1. The van der Waals surface area contributed by atoms with Gasteiger partial charge in [-0.2, -0.15) is 11.8 Å². The van der Waals surface area contributed by atoms with Crippen LogP contribution in [0.1, 0.15) is 13.8 Å². The molecule has 0 aliphatic carbocycles. The van der Waals surface area contributed by atoms with E-state index in [4.69, 9.17) is 11.6 Å². The maximum Gasteiger partial charge on any atom is 0.291 e. The molecule has 1 N–H and O–H groups in total. The zero-order chi connectivity index (χ0) is 13.5. The molecule has 0 atom stereocenters. The van der Waals surface area contributed by atoms with Gasteiger partial charge < -0.3 is 5.32 Å². The molecule has 6 heteroatoms. The average Bonchev–Trinajstić information content (AvgIpc) is 2.26. The largest absolute Gasteiger partial charge is 0.316 e. The summed E-state index contributed by atoms with van der Waals surface area (Å²) < 4.78 is 0. The fourth-order valence-corrected chi connectivity index (χ4v) is 2.55. The number of carbonyl (C=O) groups excluding carboxylic acids is 2. The van der Waals surface area contributed by atoms with Crippen molar-refractivity contribution in [3.63, 3.8) is 0 Å². The second-order valence-electron chi connectivity index (χ2n) is 3.76. The number of thioether (sulfide) groups is 2. The first-order valence-corrected chi connectivity index (χ1v) is 7.60. The van der Waals surface area contributed by atoms with E-state index in [2.05, 4.69) is 5.32 Å². The van der Waals surface area contributed by atoms with Crippen molar-refractivity contribution in [1.82, 2.24) is 0 Å². The first kappa shape index (κ1) is 15.4. The van der Waals surface area contributed by atoms with Crippen LogP contribution >= 0.6 is 35.1 Å². The minimum absolute atomic E-state index is 0.145. The first-order chi connectivity index (χ1) is 8.47. The van der Waals surface area contributed by atoms with Crippen molar-refractivity contribution in [2.75, 3.05) is 11.1 Å². The number of nitrogens with one attached hydrogen (secondary N) is 1. The highest BCUT2D eigenvalue weighted by molar-refractivity contribution is 8.27. The number of hydrogen-bond acceptors (Lipinski definition) is 4. The quantitative estimate of drug-likeness (QED) is 0.902. The molecule has 0 aromatic heterocycles. The monoisotopic (exact) mass is 303 g/mol. The van der Waals surface area contributed by atoms with Gasteiger partial charge in [0.15, 0.2) is 0 Å². The van der Waals surface area contributed by atoms with Crippen molar-refractivity contribution in [3.8, 4) is 0 Å². The van der Waals surface area contributed by atoms with Crippen LogP contribution in [0.4, 0.5) is 10.5 Å². The van der Waals surface area contributed by atoms with Gasteiger partial charge in [0.2, 0.25) is 5.12 Å². The summed E-state index contributed by atoms with van der Waals surface area (Å²) in [7, 11) is 0. The molecule has 0 bridgehead atoms. The fraction of sp³-hybridized carbons (Fsp3) is 0.333. The molecule has 1 amide bonds. The molecule has 1 aromatic rings. The van der Waals surface area contributed by atoms with E-state index in [1.165, 1.54) is 11.8 Å². The standard InChI is InChI=1S/C12H14ClNO2S2/c1-8(2)17-7-11(15)18-12(16)14-10-5-3-4-9(13)6-10/h3-6,8H,7H2,1-2H3,(H,14,16). The van der Waals surface area contributed by atoms with E-state index in [9.17, 15) is 9.59 Å². The Labute approximate surface area is 120 Å². The normalized spacial score (nSPS) is 10.4. The highest BCUT2D eigenvalue weighted by Gasteiger charge is 2.11. The molecular formula is C12H14ClNO2S2. The van der Waals surface area contributed by atoms with E-state index in [0.717, 1.165) is 0 Å². The molecule has 0 radical (unpaired) electrons. The number of halogens is 1. The number of carbonyl (C=O) groups is 2. The van der Waals surface area contributed by atoms with Crippen LogP contribution in [0.5, 0.6) is 0 Å². The van der Waals surface area contributed by atoms with Crippen LogP contribution in [0.3, 0.4) is 0 Å². The highest BCUT2D eigenvalue weighted by Crippen LogP contribution is 2.19. The first-order valence-electron chi connectivity index (χ1n) is 5.36. The van der Waals surface area contributed by atoms with Gasteiger partial charge in [0, 0.05) is 22.5 Å². The van der Waals surface area contributed by atoms with Crippen LogP contribution in [-0.4, -0.2) is 21.4 Å². The Bertz CT molecular complexity index is 438. The van der Waals surface area contributed by atoms with Gasteiger partial charge in [-0.3, -0.25) is 9.59 Å². The van der Waals surface area contributed by atoms with Crippen LogP contribution < -0.4 is 5.32 Å². The third-order valence-corrected chi connectivity index (χ3v) is 3.98. The van der Waals surface area contributed by atoms with Crippen LogP contribution in [0.25, 0.3) is 0 Å². The van der Waals surface area contributed by atoms with Crippen molar-refractivity contribution < 1.29 is 9.59 Å². The summed E-state index contributed by atoms with van der Waals surface area (Å²) in [6, 6.07) is 6.80. The van der Waals surface area contributed by atoms with E-state index in [1.807, 2.05) is 13.8 Å². The second-order valence-corrected chi connectivity index (χ2v) is 6.79. The lowest BCUT2D eigenvalue weighted by Crippen LogP contribution is -2.10. The molecule has 98 valence electrons. The Morgan fingerprint density at radius 2 is 2.11 bits per heavy atom. The Morgan fingerprint density at radius 1 is 1.39 bits per heavy atom. The highest BCUT2D eigenvalue weighted by atomic mass is 35.5.